The van der Waals surface area contributed by atoms with Gasteiger partial charge in [0, 0.05) is 17.3 Å². The SMILES string of the molecule is Cc1ccc(C2=NN(C(=N)S[C@@H]3CC(=O)N(c4ccc(C(=O)O)cc4)C3=O)[C@H](c3ccc(Br)cc3)C2)cc1. The second-order valence-corrected chi connectivity index (χ2v) is 11.2. The van der Waals surface area contributed by atoms with Gasteiger partial charge in [0.15, 0.2) is 5.17 Å². The molecule has 1 saturated heterocycles. The summed E-state index contributed by atoms with van der Waals surface area (Å²) >= 11 is 4.48. The predicted molar refractivity (Wildman–Crippen MR) is 151 cm³/mol. The van der Waals surface area contributed by atoms with Crippen molar-refractivity contribution in [1.82, 2.24) is 5.01 Å². The molecule has 2 atom stereocenters. The fourth-order valence-corrected chi connectivity index (χ4v) is 5.71. The number of hydrogen-bond acceptors (Lipinski definition) is 6. The van der Waals surface area contributed by atoms with Gasteiger partial charge in [-0.1, -0.05) is 69.7 Å². The van der Waals surface area contributed by atoms with Gasteiger partial charge in [-0.2, -0.15) is 5.10 Å². The number of rotatable bonds is 5. The maximum atomic E-state index is 13.2. The van der Waals surface area contributed by atoms with Crippen LogP contribution in [0.15, 0.2) is 82.4 Å². The first kappa shape index (κ1) is 25.9. The maximum Gasteiger partial charge on any atom is 0.335 e. The highest BCUT2D eigenvalue weighted by Crippen LogP contribution is 2.38. The molecule has 1 fully saturated rings. The number of carboxylic acid groups (broad SMARTS) is 1. The summed E-state index contributed by atoms with van der Waals surface area (Å²) < 4.78 is 0.946. The monoisotopic (exact) mass is 590 g/mol. The number of aryl methyl sites for hydroxylation is 1. The fraction of sp³-hybridized carbons (Fsp3) is 0.179. The number of carbonyl (C=O) groups is 3. The highest BCUT2D eigenvalue weighted by molar-refractivity contribution is 9.10. The Balaban J connectivity index is 1.38. The van der Waals surface area contributed by atoms with Crippen LogP contribution in [-0.4, -0.2) is 44.0 Å². The first-order valence-electron chi connectivity index (χ1n) is 11.9. The minimum atomic E-state index is -1.09. The number of amidine groups is 1. The van der Waals surface area contributed by atoms with Crippen LogP contribution in [0.1, 0.15) is 45.9 Å². The molecule has 2 N–H and O–H groups in total. The zero-order chi connectivity index (χ0) is 27.0. The number of thioether (sulfide) groups is 1. The Morgan fingerprint density at radius 1 is 1.00 bits per heavy atom. The van der Waals surface area contributed by atoms with Gasteiger partial charge in [0.2, 0.25) is 11.8 Å². The molecule has 0 saturated carbocycles. The summed E-state index contributed by atoms with van der Waals surface area (Å²) in [6.45, 7) is 2.02. The second-order valence-electron chi connectivity index (χ2n) is 9.06. The molecule has 10 heteroatoms. The number of hydrogen-bond donors (Lipinski definition) is 2. The van der Waals surface area contributed by atoms with E-state index in [0.717, 1.165) is 43.5 Å². The minimum Gasteiger partial charge on any atom is -0.478 e. The molecule has 2 amide bonds. The van der Waals surface area contributed by atoms with Crippen LogP contribution >= 0.6 is 27.7 Å². The molecule has 0 spiro atoms. The van der Waals surface area contributed by atoms with Gasteiger partial charge in [-0.05, 0) is 54.4 Å². The molecule has 2 heterocycles. The van der Waals surface area contributed by atoms with E-state index in [1.54, 1.807) is 5.01 Å². The van der Waals surface area contributed by atoms with Gasteiger partial charge < -0.3 is 5.11 Å². The summed E-state index contributed by atoms with van der Waals surface area (Å²) in [7, 11) is 0. The first-order valence-corrected chi connectivity index (χ1v) is 13.5. The zero-order valence-electron chi connectivity index (χ0n) is 20.3. The van der Waals surface area contributed by atoms with Crippen molar-refractivity contribution in [3.05, 3.63) is 99.5 Å². The van der Waals surface area contributed by atoms with Crippen molar-refractivity contribution < 1.29 is 19.5 Å². The van der Waals surface area contributed by atoms with Crippen molar-refractivity contribution in [2.75, 3.05) is 4.90 Å². The molecule has 38 heavy (non-hydrogen) atoms. The normalized spacial score (nSPS) is 19.2. The summed E-state index contributed by atoms with van der Waals surface area (Å²) in [4.78, 5) is 38.2. The van der Waals surface area contributed by atoms with Crippen LogP contribution < -0.4 is 4.90 Å². The van der Waals surface area contributed by atoms with Crippen molar-refractivity contribution in [1.29, 1.82) is 5.41 Å². The van der Waals surface area contributed by atoms with E-state index < -0.39 is 23.0 Å². The molecule has 8 nitrogen and oxygen atoms in total. The fourth-order valence-electron chi connectivity index (χ4n) is 4.47. The molecule has 2 aliphatic rings. The first-order chi connectivity index (χ1) is 18.2. The summed E-state index contributed by atoms with van der Waals surface area (Å²) in [6.07, 6.45) is 0.533. The summed E-state index contributed by atoms with van der Waals surface area (Å²) in [5.41, 5.74) is 4.32. The van der Waals surface area contributed by atoms with E-state index >= 15 is 0 Å². The number of imide groups is 1. The van der Waals surface area contributed by atoms with Crippen LogP contribution in [0.3, 0.4) is 0 Å². The van der Waals surface area contributed by atoms with Crippen LogP contribution in [-0.2, 0) is 9.59 Å². The number of carboxylic acids is 1. The van der Waals surface area contributed by atoms with E-state index in [9.17, 15) is 14.4 Å². The van der Waals surface area contributed by atoms with Crippen LogP contribution in [0, 0.1) is 12.3 Å². The quantitative estimate of drug-likeness (QED) is 0.227. The van der Waals surface area contributed by atoms with Gasteiger partial charge in [0.05, 0.1) is 23.0 Å². The molecule has 3 aromatic carbocycles. The Bertz CT molecular complexity index is 1460. The molecule has 2 aliphatic heterocycles. The number of carbonyl (C=O) groups excluding carboxylic acids is 2. The minimum absolute atomic E-state index is 0.0577. The molecule has 0 radical (unpaired) electrons. The zero-order valence-corrected chi connectivity index (χ0v) is 22.7. The molecule has 0 unspecified atom stereocenters. The van der Waals surface area contributed by atoms with E-state index in [4.69, 9.17) is 15.6 Å². The van der Waals surface area contributed by atoms with Crippen molar-refractivity contribution >= 4 is 62.0 Å². The average Bonchev–Trinajstić information content (AvgIpc) is 3.46. The molecule has 5 rings (SSSR count). The van der Waals surface area contributed by atoms with Gasteiger partial charge >= 0.3 is 5.97 Å². The van der Waals surface area contributed by atoms with Crippen LogP contribution in [0.25, 0.3) is 0 Å². The Morgan fingerprint density at radius 3 is 2.29 bits per heavy atom. The molecule has 192 valence electrons. The number of amides is 2. The van der Waals surface area contributed by atoms with E-state index in [1.807, 2.05) is 55.5 Å². The van der Waals surface area contributed by atoms with Crippen molar-refractivity contribution in [3.63, 3.8) is 0 Å². The van der Waals surface area contributed by atoms with Gasteiger partial charge in [0.1, 0.15) is 5.25 Å². The maximum absolute atomic E-state index is 13.2. The number of hydrazone groups is 1. The lowest BCUT2D eigenvalue weighted by atomic mass is 9.98. The highest BCUT2D eigenvalue weighted by Gasteiger charge is 2.42. The van der Waals surface area contributed by atoms with Crippen LogP contribution in [0.2, 0.25) is 0 Å². The third kappa shape index (κ3) is 5.14. The van der Waals surface area contributed by atoms with E-state index in [1.165, 1.54) is 24.3 Å². The third-order valence-corrected chi connectivity index (χ3v) is 8.08. The number of halogens is 1. The van der Waals surface area contributed by atoms with E-state index in [2.05, 4.69) is 15.9 Å². The Hall–Kier alpha value is -3.76. The smallest absolute Gasteiger partial charge is 0.335 e. The predicted octanol–water partition coefficient (Wildman–Crippen LogP) is 5.61. The van der Waals surface area contributed by atoms with Gasteiger partial charge in [0.25, 0.3) is 0 Å². The highest BCUT2D eigenvalue weighted by atomic mass is 79.9. The van der Waals surface area contributed by atoms with Crippen LogP contribution in [0.5, 0.6) is 0 Å². The molecular formula is C28H23BrN4O4S. The number of aromatic carboxylic acids is 1. The molecule has 0 aliphatic carbocycles. The Kier molecular flexibility index (Phi) is 7.18. The third-order valence-electron chi connectivity index (χ3n) is 6.49. The van der Waals surface area contributed by atoms with Crippen molar-refractivity contribution in [2.24, 2.45) is 5.10 Å². The van der Waals surface area contributed by atoms with Gasteiger partial charge in [-0.15, -0.1) is 0 Å². The molecule has 0 aromatic heterocycles. The lowest BCUT2D eigenvalue weighted by molar-refractivity contribution is -0.121. The lowest BCUT2D eigenvalue weighted by Gasteiger charge is -2.24. The number of nitrogens with zero attached hydrogens (tertiary/aromatic N) is 3. The standard InChI is InChI=1S/C28H23BrN4O4S/c1-16-2-4-17(5-3-16)22-14-23(18-6-10-20(29)11-7-18)33(31-22)28(30)38-24-15-25(34)32(26(24)35)21-12-8-19(9-13-21)27(36)37/h2-13,23-24,30H,14-15H2,1H3,(H,36,37)/t23-,24+/m0/s1. The van der Waals surface area contributed by atoms with Crippen LogP contribution in [0.4, 0.5) is 5.69 Å². The van der Waals surface area contributed by atoms with Crippen molar-refractivity contribution in [2.45, 2.75) is 31.1 Å². The number of anilines is 1. The second kappa shape index (κ2) is 10.5. The summed E-state index contributed by atoms with van der Waals surface area (Å²) in [6, 6.07) is 21.3. The lowest BCUT2D eigenvalue weighted by Crippen LogP contribution is -2.32. The van der Waals surface area contributed by atoms with Gasteiger partial charge in [-0.25, -0.2) is 14.7 Å². The molecule has 3 aromatic rings. The summed E-state index contributed by atoms with van der Waals surface area (Å²) in [5, 5.41) is 23.7. The number of nitrogens with one attached hydrogen (secondary N) is 1. The van der Waals surface area contributed by atoms with Gasteiger partial charge in [-0.3, -0.25) is 15.0 Å². The largest absolute Gasteiger partial charge is 0.478 e. The molecule has 0 bridgehead atoms. The Morgan fingerprint density at radius 2 is 1.66 bits per heavy atom. The summed E-state index contributed by atoms with van der Waals surface area (Å²) in [5.74, 6) is -1.91. The van der Waals surface area contributed by atoms with E-state index in [-0.39, 0.29) is 23.2 Å². The van der Waals surface area contributed by atoms with E-state index in [0.29, 0.717) is 12.1 Å². The van der Waals surface area contributed by atoms with Crippen molar-refractivity contribution in [3.8, 4) is 0 Å². The molecular weight excluding hydrogens is 568 g/mol. The Labute approximate surface area is 232 Å². The number of benzene rings is 3. The average molecular weight is 591 g/mol. The topological polar surface area (TPSA) is 114 Å².